The molecule has 0 aliphatic rings. The van der Waals surface area contributed by atoms with Crippen LogP contribution >= 0.6 is 24.4 Å². The van der Waals surface area contributed by atoms with Crippen molar-refractivity contribution in [2.45, 2.75) is 10.6 Å². The van der Waals surface area contributed by atoms with Crippen LogP contribution in [0.15, 0.2) is 23.2 Å². The van der Waals surface area contributed by atoms with Crippen molar-refractivity contribution in [2.75, 3.05) is 12.3 Å². The Morgan fingerprint density at radius 2 is 2.47 bits per heavy atom. The monoisotopic (exact) mass is 244 g/mol. The lowest BCUT2D eigenvalue weighted by atomic mass is 10.4. The van der Waals surface area contributed by atoms with Gasteiger partial charge in [-0.15, -0.1) is 12.6 Å². The zero-order chi connectivity index (χ0) is 11.1. The van der Waals surface area contributed by atoms with E-state index in [4.69, 9.17) is 5.11 Å². The summed E-state index contributed by atoms with van der Waals surface area (Å²) in [6, 6.07) is 3.73. The summed E-state index contributed by atoms with van der Waals surface area (Å²) in [5, 5.41) is 10.6. The molecule has 6 heteroatoms. The second kappa shape index (κ2) is 6.58. The van der Waals surface area contributed by atoms with Gasteiger partial charge in [0.2, 0.25) is 0 Å². The van der Waals surface area contributed by atoms with Gasteiger partial charge in [-0.3, -0.25) is 4.98 Å². The molecule has 1 amide bonds. The molecule has 1 heterocycles. The van der Waals surface area contributed by atoms with Crippen LogP contribution in [0.25, 0.3) is 0 Å². The van der Waals surface area contributed by atoms with E-state index < -0.39 is 6.09 Å². The maximum Gasteiger partial charge on any atom is 0.404 e. The summed E-state index contributed by atoms with van der Waals surface area (Å²) in [5.74, 6) is 1.48. The SMILES string of the molecule is O=C(O)NCCSCc1ncccc1S. The zero-order valence-electron chi connectivity index (χ0n) is 8.01. The number of rotatable bonds is 5. The Morgan fingerprint density at radius 1 is 1.67 bits per heavy atom. The molecule has 1 aromatic heterocycles. The number of aromatic nitrogens is 1. The molecular formula is C9H12N2O2S2. The molecule has 1 aromatic rings. The molecule has 0 saturated heterocycles. The summed E-state index contributed by atoms with van der Waals surface area (Å²) in [5.41, 5.74) is 0.932. The molecule has 0 fully saturated rings. The van der Waals surface area contributed by atoms with Crippen LogP contribution in [0.5, 0.6) is 0 Å². The first-order chi connectivity index (χ1) is 7.20. The van der Waals surface area contributed by atoms with Crippen molar-refractivity contribution in [2.24, 2.45) is 0 Å². The summed E-state index contributed by atoms with van der Waals surface area (Å²) < 4.78 is 0. The fraction of sp³-hybridized carbons (Fsp3) is 0.333. The van der Waals surface area contributed by atoms with Gasteiger partial charge < -0.3 is 10.4 Å². The van der Waals surface area contributed by atoms with E-state index >= 15 is 0 Å². The first kappa shape index (κ1) is 12.2. The van der Waals surface area contributed by atoms with Crippen molar-refractivity contribution in [1.82, 2.24) is 10.3 Å². The van der Waals surface area contributed by atoms with E-state index in [0.29, 0.717) is 6.54 Å². The van der Waals surface area contributed by atoms with Gasteiger partial charge in [0.15, 0.2) is 0 Å². The van der Waals surface area contributed by atoms with Gasteiger partial charge in [0.25, 0.3) is 0 Å². The quantitative estimate of drug-likeness (QED) is 0.546. The molecule has 82 valence electrons. The minimum atomic E-state index is -0.983. The molecule has 0 aliphatic carbocycles. The van der Waals surface area contributed by atoms with E-state index in [-0.39, 0.29) is 0 Å². The van der Waals surface area contributed by atoms with Crippen LogP contribution in [-0.2, 0) is 5.75 Å². The largest absolute Gasteiger partial charge is 0.465 e. The Kier molecular flexibility index (Phi) is 5.34. The number of thiol groups is 1. The Morgan fingerprint density at radius 3 is 3.13 bits per heavy atom. The first-order valence-corrected chi connectivity index (χ1v) is 5.97. The lowest BCUT2D eigenvalue weighted by Crippen LogP contribution is -2.23. The highest BCUT2D eigenvalue weighted by molar-refractivity contribution is 7.98. The number of thioether (sulfide) groups is 1. The number of nitrogens with one attached hydrogen (secondary N) is 1. The summed E-state index contributed by atoms with van der Waals surface area (Å²) >= 11 is 5.90. The molecule has 15 heavy (non-hydrogen) atoms. The van der Waals surface area contributed by atoms with Gasteiger partial charge in [-0.25, -0.2) is 4.79 Å². The molecule has 0 atom stereocenters. The van der Waals surface area contributed by atoms with E-state index in [1.165, 1.54) is 0 Å². The Labute approximate surface area is 97.9 Å². The predicted octanol–water partition coefficient (Wildman–Crippen LogP) is 1.87. The first-order valence-electron chi connectivity index (χ1n) is 4.37. The number of nitrogens with zero attached hydrogens (tertiary/aromatic N) is 1. The predicted molar refractivity (Wildman–Crippen MR) is 63.7 cm³/mol. The van der Waals surface area contributed by atoms with E-state index in [2.05, 4.69) is 22.9 Å². The standard InChI is InChI=1S/C9H12N2O2S2/c12-9(13)11-4-5-15-6-7-8(14)2-1-3-10-7/h1-3,11,14H,4-6H2,(H,12,13). The molecule has 1 rings (SSSR count). The van der Waals surface area contributed by atoms with Crippen LogP contribution in [-0.4, -0.2) is 28.5 Å². The third-order valence-electron chi connectivity index (χ3n) is 1.63. The van der Waals surface area contributed by atoms with Crippen molar-refractivity contribution < 1.29 is 9.90 Å². The summed E-state index contributed by atoms with van der Waals surface area (Å²) in [6.45, 7) is 0.453. The van der Waals surface area contributed by atoms with Crippen LogP contribution in [0.2, 0.25) is 0 Å². The van der Waals surface area contributed by atoms with E-state index in [1.54, 1.807) is 18.0 Å². The lowest BCUT2D eigenvalue weighted by molar-refractivity contribution is 0.195. The molecular weight excluding hydrogens is 232 g/mol. The minimum Gasteiger partial charge on any atom is -0.465 e. The smallest absolute Gasteiger partial charge is 0.404 e. The second-order valence-corrected chi connectivity index (χ2v) is 4.34. The van der Waals surface area contributed by atoms with Crippen molar-refractivity contribution in [3.8, 4) is 0 Å². The van der Waals surface area contributed by atoms with E-state index in [0.717, 1.165) is 22.1 Å². The highest BCUT2D eigenvalue weighted by Crippen LogP contribution is 2.16. The van der Waals surface area contributed by atoms with Crippen LogP contribution in [0.3, 0.4) is 0 Å². The Balaban J connectivity index is 2.21. The lowest BCUT2D eigenvalue weighted by Gasteiger charge is -2.03. The molecule has 0 aromatic carbocycles. The number of carbonyl (C=O) groups is 1. The van der Waals surface area contributed by atoms with Gasteiger partial charge in [0.05, 0.1) is 5.69 Å². The van der Waals surface area contributed by atoms with Gasteiger partial charge in [0, 0.05) is 29.1 Å². The molecule has 4 nitrogen and oxygen atoms in total. The van der Waals surface area contributed by atoms with E-state index in [1.807, 2.05) is 12.1 Å². The number of amides is 1. The van der Waals surface area contributed by atoms with Crippen LogP contribution < -0.4 is 5.32 Å². The fourth-order valence-electron chi connectivity index (χ4n) is 0.940. The van der Waals surface area contributed by atoms with Crippen LogP contribution in [0, 0.1) is 0 Å². The van der Waals surface area contributed by atoms with Crippen molar-refractivity contribution in [1.29, 1.82) is 0 Å². The van der Waals surface area contributed by atoms with Gasteiger partial charge in [0.1, 0.15) is 0 Å². The second-order valence-electron chi connectivity index (χ2n) is 2.75. The van der Waals surface area contributed by atoms with Crippen LogP contribution in [0.4, 0.5) is 4.79 Å². The summed E-state index contributed by atoms with van der Waals surface area (Å²) in [4.78, 5) is 15.2. The molecule has 0 radical (unpaired) electrons. The highest BCUT2D eigenvalue weighted by atomic mass is 32.2. The maximum absolute atomic E-state index is 10.1. The zero-order valence-corrected chi connectivity index (χ0v) is 9.72. The minimum absolute atomic E-state index is 0.453. The molecule has 0 aliphatic heterocycles. The van der Waals surface area contributed by atoms with Crippen molar-refractivity contribution in [3.63, 3.8) is 0 Å². The van der Waals surface area contributed by atoms with Gasteiger partial charge >= 0.3 is 6.09 Å². The average molecular weight is 244 g/mol. The topological polar surface area (TPSA) is 62.2 Å². The molecule has 0 spiro atoms. The molecule has 0 unspecified atom stereocenters. The third kappa shape index (κ3) is 4.94. The number of pyridine rings is 1. The third-order valence-corrected chi connectivity index (χ3v) is 3.01. The van der Waals surface area contributed by atoms with Crippen LogP contribution in [0.1, 0.15) is 5.69 Å². The molecule has 2 N–H and O–H groups in total. The Hall–Kier alpha value is -0.880. The number of carboxylic acid groups (broad SMARTS) is 1. The molecule has 0 bridgehead atoms. The fourth-order valence-corrected chi connectivity index (χ4v) is 2.08. The van der Waals surface area contributed by atoms with Gasteiger partial charge in [-0.1, -0.05) is 0 Å². The average Bonchev–Trinajstić information content (AvgIpc) is 2.20. The van der Waals surface area contributed by atoms with E-state index in [9.17, 15) is 4.79 Å². The highest BCUT2D eigenvalue weighted by Gasteiger charge is 1.99. The van der Waals surface area contributed by atoms with Crippen molar-refractivity contribution >= 4 is 30.5 Å². The summed E-state index contributed by atoms with van der Waals surface area (Å²) in [6.07, 6.45) is 0.744. The van der Waals surface area contributed by atoms with Crippen molar-refractivity contribution in [3.05, 3.63) is 24.0 Å². The number of hydrogen-bond acceptors (Lipinski definition) is 4. The summed E-state index contributed by atoms with van der Waals surface area (Å²) in [7, 11) is 0. The maximum atomic E-state index is 10.1. The van der Waals surface area contributed by atoms with Gasteiger partial charge in [-0.05, 0) is 12.1 Å². The Bertz CT molecular complexity index is 334. The molecule has 0 saturated carbocycles. The van der Waals surface area contributed by atoms with Gasteiger partial charge in [-0.2, -0.15) is 11.8 Å². The normalized spacial score (nSPS) is 9.93. The number of hydrogen-bond donors (Lipinski definition) is 3.